The summed E-state index contributed by atoms with van der Waals surface area (Å²) in [6, 6.07) is 0.876. The van der Waals surface area contributed by atoms with Gasteiger partial charge in [-0.1, -0.05) is 0 Å². The quantitative estimate of drug-likeness (QED) is 0.624. The van der Waals surface area contributed by atoms with E-state index in [1.165, 1.54) is 45.4 Å². The maximum absolute atomic E-state index is 3.97. The van der Waals surface area contributed by atoms with E-state index in [1.54, 1.807) is 32.1 Å². The lowest BCUT2D eigenvalue weighted by Gasteiger charge is -2.54. The molecule has 0 spiro atoms. The summed E-state index contributed by atoms with van der Waals surface area (Å²) in [5, 5.41) is 3.97. The Labute approximate surface area is 144 Å². The molecule has 0 radical (unpaired) electrons. The van der Waals surface area contributed by atoms with Crippen molar-refractivity contribution < 1.29 is 0 Å². The largest absolute Gasteiger partial charge is 0.313 e. The van der Waals surface area contributed by atoms with Crippen molar-refractivity contribution in [3.63, 3.8) is 0 Å². The van der Waals surface area contributed by atoms with Gasteiger partial charge in [-0.2, -0.15) is 0 Å². The highest BCUT2D eigenvalue weighted by atomic mass is 15.1. The van der Waals surface area contributed by atoms with E-state index in [0.29, 0.717) is 0 Å². The smallest absolute Gasteiger partial charge is 0.0124 e. The Kier molecular flexibility index (Phi) is 6.39. The molecule has 23 heavy (non-hydrogen) atoms. The first-order valence-electron chi connectivity index (χ1n) is 10.2. The van der Waals surface area contributed by atoms with E-state index in [0.717, 1.165) is 29.7 Å². The first-order valence-corrected chi connectivity index (χ1v) is 10.2. The van der Waals surface area contributed by atoms with Crippen LogP contribution in [0, 0.1) is 23.7 Å². The van der Waals surface area contributed by atoms with Crippen LogP contribution in [0.25, 0.3) is 0 Å². The normalized spacial score (nSPS) is 35.6. The fourth-order valence-electron chi connectivity index (χ4n) is 5.80. The van der Waals surface area contributed by atoms with Crippen LogP contribution in [0.3, 0.4) is 0 Å². The molecule has 0 saturated heterocycles. The van der Waals surface area contributed by atoms with E-state index in [1.807, 2.05) is 0 Å². The van der Waals surface area contributed by atoms with Crippen molar-refractivity contribution in [2.75, 3.05) is 47.3 Å². The molecule has 0 atom stereocenters. The van der Waals surface area contributed by atoms with Gasteiger partial charge < -0.3 is 15.1 Å². The van der Waals surface area contributed by atoms with Crippen molar-refractivity contribution in [1.82, 2.24) is 15.1 Å². The molecule has 0 aromatic carbocycles. The van der Waals surface area contributed by atoms with Crippen LogP contribution in [0.15, 0.2) is 0 Å². The molecule has 3 nitrogen and oxygen atoms in total. The average Bonchev–Trinajstić information content (AvgIpc) is 2.48. The molecule has 0 aromatic heterocycles. The molecule has 0 aliphatic heterocycles. The fraction of sp³-hybridized carbons (Fsp3) is 1.00. The molecule has 4 fully saturated rings. The van der Waals surface area contributed by atoms with Crippen LogP contribution in [0.5, 0.6) is 0 Å². The summed E-state index contributed by atoms with van der Waals surface area (Å²) in [6.07, 6.45) is 11.7. The monoisotopic (exact) mass is 321 g/mol. The summed E-state index contributed by atoms with van der Waals surface area (Å²) in [5.41, 5.74) is 0. The third-order valence-electron chi connectivity index (χ3n) is 6.72. The minimum Gasteiger partial charge on any atom is -0.313 e. The predicted molar refractivity (Wildman–Crippen MR) is 98.7 cm³/mol. The summed E-state index contributed by atoms with van der Waals surface area (Å²) in [6.45, 7) is 4.95. The van der Waals surface area contributed by atoms with Crippen molar-refractivity contribution in [2.45, 2.75) is 57.4 Å². The Hall–Kier alpha value is -0.120. The van der Waals surface area contributed by atoms with Gasteiger partial charge in [-0.25, -0.2) is 0 Å². The molecule has 0 heterocycles. The maximum atomic E-state index is 3.97. The van der Waals surface area contributed by atoms with Gasteiger partial charge in [0.2, 0.25) is 0 Å². The summed E-state index contributed by atoms with van der Waals surface area (Å²) in [4.78, 5) is 4.79. The van der Waals surface area contributed by atoms with Crippen molar-refractivity contribution >= 4 is 0 Å². The van der Waals surface area contributed by atoms with Crippen LogP contribution in [0.1, 0.15) is 51.4 Å². The molecule has 1 N–H and O–H groups in total. The molecule has 4 bridgehead atoms. The molecule has 134 valence electrons. The molecule has 4 aliphatic carbocycles. The number of nitrogens with zero attached hydrogens (tertiary/aromatic N) is 2. The predicted octanol–water partition coefficient (Wildman–Crippen LogP) is 3.06. The summed E-state index contributed by atoms with van der Waals surface area (Å²) in [5.74, 6) is 4.26. The topological polar surface area (TPSA) is 18.5 Å². The third-order valence-corrected chi connectivity index (χ3v) is 6.72. The molecule has 4 rings (SSSR count). The van der Waals surface area contributed by atoms with Crippen LogP contribution in [0.2, 0.25) is 0 Å². The standard InChI is InChI=1S/C20H39N3/c1-22(2)8-6-10-23(3)9-5-4-7-21-20-18-12-16-11-17(14-18)15-19(20)13-16/h16-21H,4-15H2,1-3H3. The zero-order valence-corrected chi connectivity index (χ0v) is 15.8. The first kappa shape index (κ1) is 17.7. The fourth-order valence-corrected chi connectivity index (χ4v) is 5.80. The Balaban J connectivity index is 1.25. The second-order valence-electron chi connectivity index (χ2n) is 9.08. The average molecular weight is 322 g/mol. The molecule has 0 unspecified atom stereocenters. The first-order chi connectivity index (χ1) is 11.1. The van der Waals surface area contributed by atoms with Gasteiger partial charge in [-0.05, 0) is 122 Å². The van der Waals surface area contributed by atoms with Crippen LogP contribution in [-0.4, -0.2) is 63.2 Å². The number of rotatable bonds is 10. The zero-order valence-electron chi connectivity index (χ0n) is 15.8. The van der Waals surface area contributed by atoms with Crippen molar-refractivity contribution in [3.8, 4) is 0 Å². The van der Waals surface area contributed by atoms with Crippen LogP contribution < -0.4 is 5.32 Å². The second kappa shape index (κ2) is 8.31. The minimum absolute atomic E-state index is 0.876. The molecule has 4 aliphatic rings. The highest BCUT2D eigenvalue weighted by molar-refractivity contribution is 5.01. The number of nitrogens with one attached hydrogen (secondary N) is 1. The van der Waals surface area contributed by atoms with Crippen molar-refractivity contribution in [2.24, 2.45) is 23.7 Å². The number of hydrogen-bond donors (Lipinski definition) is 1. The zero-order chi connectivity index (χ0) is 16.2. The van der Waals surface area contributed by atoms with Gasteiger partial charge in [0, 0.05) is 6.04 Å². The van der Waals surface area contributed by atoms with Crippen LogP contribution in [0.4, 0.5) is 0 Å². The van der Waals surface area contributed by atoms with Gasteiger partial charge in [0.15, 0.2) is 0 Å². The van der Waals surface area contributed by atoms with Gasteiger partial charge in [0.25, 0.3) is 0 Å². The lowest BCUT2D eigenvalue weighted by molar-refractivity contribution is -0.0136. The molecule has 0 amide bonds. The minimum atomic E-state index is 0.876. The molecule has 4 saturated carbocycles. The van der Waals surface area contributed by atoms with Crippen molar-refractivity contribution in [3.05, 3.63) is 0 Å². The maximum Gasteiger partial charge on any atom is 0.0124 e. The van der Waals surface area contributed by atoms with Gasteiger partial charge >= 0.3 is 0 Å². The van der Waals surface area contributed by atoms with Gasteiger partial charge in [0.05, 0.1) is 0 Å². The summed E-state index contributed by atoms with van der Waals surface area (Å²) in [7, 11) is 6.60. The van der Waals surface area contributed by atoms with Gasteiger partial charge in [-0.3, -0.25) is 0 Å². The Bertz CT molecular complexity index is 327. The van der Waals surface area contributed by atoms with E-state index in [9.17, 15) is 0 Å². The Morgan fingerprint density at radius 3 is 1.96 bits per heavy atom. The highest BCUT2D eigenvalue weighted by Gasteiger charge is 2.47. The molecule has 0 aromatic rings. The number of unbranched alkanes of at least 4 members (excludes halogenated alkanes) is 1. The van der Waals surface area contributed by atoms with E-state index in [-0.39, 0.29) is 0 Å². The molecule has 3 heteroatoms. The van der Waals surface area contributed by atoms with Gasteiger partial charge in [0.1, 0.15) is 0 Å². The van der Waals surface area contributed by atoms with Crippen LogP contribution >= 0.6 is 0 Å². The van der Waals surface area contributed by atoms with E-state index in [2.05, 4.69) is 36.3 Å². The Morgan fingerprint density at radius 1 is 0.739 bits per heavy atom. The number of hydrogen-bond acceptors (Lipinski definition) is 3. The third kappa shape index (κ3) is 4.93. The van der Waals surface area contributed by atoms with Gasteiger partial charge in [-0.15, -0.1) is 0 Å². The van der Waals surface area contributed by atoms with E-state index >= 15 is 0 Å². The van der Waals surface area contributed by atoms with Crippen molar-refractivity contribution in [1.29, 1.82) is 0 Å². The summed E-state index contributed by atoms with van der Waals surface area (Å²) >= 11 is 0. The highest BCUT2D eigenvalue weighted by Crippen LogP contribution is 2.53. The lowest BCUT2D eigenvalue weighted by atomic mass is 9.54. The molecular weight excluding hydrogens is 282 g/mol. The SMILES string of the molecule is CN(C)CCCN(C)CCCCNC1C2CC3CC(C2)CC1C3. The summed E-state index contributed by atoms with van der Waals surface area (Å²) < 4.78 is 0. The van der Waals surface area contributed by atoms with E-state index in [4.69, 9.17) is 0 Å². The Morgan fingerprint density at radius 2 is 1.35 bits per heavy atom. The van der Waals surface area contributed by atoms with Crippen LogP contribution in [-0.2, 0) is 0 Å². The lowest BCUT2D eigenvalue weighted by Crippen LogP contribution is -2.54. The molecular formula is C20H39N3. The van der Waals surface area contributed by atoms with E-state index < -0.39 is 0 Å². The second-order valence-corrected chi connectivity index (χ2v) is 9.08.